The van der Waals surface area contributed by atoms with Gasteiger partial charge in [-0.25, -0.2) is 8.42 Å². The predicted octanol–water partition coefficient (Wildman–Crippen LogP) is 2.58. The summed E-state index contributed by atoms with van der Waals surface area (Å²) in [7, 11) is -3.07. The first-order valence-electron chi connectivity index (χ1n) is 7.45. The van der Waals surface area contributed by atoms with E-state index in [0.29, 0.717) is 24.0 Å². The average molecular weight is 354 g/mol. The Kier molecular flexibility index (Phi) is 4.29. The number of aromatic nitrogens is 1. The smallest absolute Gasteiger partial charge is 0.266 e. The van der Waals surface area contributed by atoms with Crippen molar-refractivity contribution in [1.82, 2.24) is 10.3 Å². The van der Waals surface area contributed by atoms with Crippen LogP contribution in [0.4, 0.5) is 0 Å². The number of H-pyrrole nitrogens is 1. The van der Waals surface area contributed by atoms with E-state index in [9.17, 15) is 13.2 Å². The summed E-state index contributed by atoms with van der Waals surface area (Å²) < 4.78 is 28.7. The summed E-state index contributed by atoms with van der Waals surface area (Å²) in [5, 5.41) is 2.56. The van der Waals surface area contributed by atoms with Crippen molar-refractivity contribution in [3.63, 3.8) is 0 Å². The quantitative estimate of drug-likeness (QED) is 0.827. The van der Waals surface area contributed by atoms with E-state index >= 15 is 0 Å². The molecule has 6 nitrogen and oxygen atoms in total. The summed E-state index contributed by atoms with van der Waals surface area (Å²) in [4.78, 5) is 15.5. The fourth-order valence-corrected chi connectivity index (χ4v) is 4.40. The Balaban J connectivity index is 1.73. The van der Waals surface area contributed by atoms with Gasteiger partial charge < -0.3 is 14.7 Å². The molecule has 2 aromatic rings. The maximum Gasteiger partial charge on any atom is 0.266 e. The van der Waals surface area contributed by atoms with Gasteiger partial charge >= 0.3 is 0 Å². The molecule has 23 heavy (non-hydrogen) atoms. The molecule has 0 aliphatic heterocycles. The van der Waals surface area contributed by atoms with Crippen molar-refractivity contribution in [3.05, 3.63) is 28.6 Å². The van der Waals surface area contributed by atoms with Gasteiger partial charge in [-0.2, -0.15) is 0 Å². The van der Waals surface area contributed by atoms with E-state index in [1.54, 1.807) is 18.2 Å². The molecule has 1 aromatic heterocycles. The second kappa shape index (κ2) is 6.09. The number of aromatic amines is 1. The van der Waals surface area contributed by atoms with Crippen LogP contribution in [0.1, 0.15) is 36.0 Å². The summed E-state index contributed by atoms with van der Waals surface area (Å²) >= 11 is 4.92. The van der Waals surface area contributed by atoms with Crippen LogP contribution in [-0.4, -0.2) is 36.9 Å². The van der Waals surface area contributed by atoms with Crippen molar-refractivity contribution in [3.8, 4) is 0 Å². The lowest BCUT2D eigenvalue weighted by Crippen LogP contribution is -2.41. The number of fused-ring (bicyclic) bond motifs is 1. The van der Waals surface area contributed by atoms with Gasteiger partial charge in [-0.3, -0.25) is 4.79 Å². The molecule has 0 unspecified atom stereocenters. The third-order valence-corrected chi connectivity index (χ3v) is 6.07. The fraction of sp³-hybridized carbons (Fsp3) is 0.467. The number of carbonyl (C=O) groups excluding carboxylic acids is 1. The van der Waals surface area contributed by atoms with E-state index in [0.717, 1.165) is 18.4 Å². The fourth-order valence-electron chi connectivity index (χ4n) is 3.02. The number of oxazole rings is 1. The lowest BCUT2D eigenvalue weighted by molar-refractivity contribution is 0.0928. The minimum Gasteiger partial charge on any atom is -0.429 e. The zero-order valence-electron chi connectivity index (χ0n) is 12.7. The van der Waals surface area contributed by atoms with Gasteiger partial charge in [-0.05, 0) is 49.7 Å². The lowest BCUT2D eigenvalue weighted by atomic mass is 9.94. The number of rotatable bonds is 3. The molecule has 0 spiro atoms. The van der Waals surface area contributed by atoms with Crippen LogP contribution in [0, 0.1) is 4.84 Å². The monoisotopic (exact) mass is 354 g/mol. The Labute approximate surface area is 139 Å². The number of nitrogens with one attached hydrogen (secondary N) is 2. The molecule has 1 heterocycles. The average Bonchev–Trinajstić information content (AvgIpc) is 2.85. The molecule has 0 saturated heterocycles. The second-order valence-electron chi connectivity index (χ2n) is 6.01. The van der Waals surface area contributed by atoms with Crippen LogP contribution in [0.2, 0.25) is 0 Å². The number of hydrogen-bond donors (Lipinski definition) is 2. The highest BCUT2D eigenvalue weighted by atomic mass is 32.2. The predicted molar refractivity (Wildman–Crippen MR) is 89.8 cm³/mol. The first-order valence-corrected chi connectivity index (χ1v) is 9.82. The summed E-state index contributed by atoms with van der Waals surface area (Å²) in [6.07, 6.45) is 3.99. The summed E-state index contributed by atoms with van der Waals surface area (Å²) in [5.41, 5.74) is 1.73. The van der Waals surface area contributed by atoms with Gasteiger partial charge in [-0.15, -0.1) is 0 Å². The number of hydrogen-bond acceptors (Lipinski definition) is 5. The Morgan fingerprint density at radius 3 is 2.91 bits per heavy atom. The van der Waals surface area contributed by atoms with E-state index in [-0.39, 0.29) is 22.0 Å². The minimum atomic E-state index is -3.07. The van der Waals surface area contributed by atoms with E-state index in [1.165, 1.54) is 6.26 Å². The van der Waals surface area contributed by atoms with Crippen LogP contribution < -0.4 is 5.32 Å². The normalized spacial score (nSPS) is 22.1. The highest BCUT2D eigenvalue weighted by Crippen LogP contribution is 2.24. The lowest BCUT2D eigenvalue weighted by Gasteiger charge is -2.28. The molecule has 1 fully saturated rings. The summed E-state index contributed by atoms with van der Waals surface area (Å²) in [6.45, 7) is 0. The standard InChI is InChI=1S/C15H18N2O4S2/c1-23(19,20)11-4-2-3-10(8-11)16-14(18)9-5-6-12-13(7-9)21-15(22)17-12/h5-7,10-11H,2-4,8H2,1H3,(H,16,18)(H,17,22)/t10-,11-/m1/s1. The molecule has 0 radical (unpaired) electrons. The Morgan fingerprint density at radius 2 is 2.17 bits per heavy atom. The van der Waals surface area contributed by atoms with Crippen molar-refractivity contribution in [2.24, 2.45) is 0 Å². The van der Waals surface area contributed by atoms with Gasteiger partial charge in [0.15, 0.2) is 5.58 Å². The molecular formula is C15H18N2O4S2. The van der Waals surface area contributed by atoms with Crippen LogP contribution in [-0.2, 0) is 9.84 Å². The van der Waals surface area contributed by atoms with Crippen LogP contribution in [0.25, 0.3) is 11.1 Å². The number of sulfone groups is 1. The molecule has 1 aromatic carbocycles. The first-order chi connectivity index (χ1) is 10.8. The molecule has 1 saturated carbocycles. The van der Waals surface area contributed by atoms with Gasteiger partial charge in [0.1, 0.15) is 9.84 Å². The second-order valence-corrected chi connectivity index (χ2v) is 8.71. The van der Waals surface area contributed by atoms with Gasteiger partial charge in [0.25, 0.3) is 10.7 Å². The largest absolute Gasteiger partial charge is 0.429 e. The van der Waals surface area contributed by atoms with Crippen molar-refractivity contribution in [2.45, 2.75) is 37.0 Å². The van der Waals surface area contributed by atoms with Crippen molar-refractivity contribution < 1.29 is 17.6 Å². The number of carbonyl (C=O) groups is 1. The molecule has 1 aliphatic carbocycles. The Bertz CT molecular complexity index is 898. The zero-order chi connectivity index (χ0) is 16.6. The molecule has 2 N–H and O–H groups in total. The Hall–Kier alpha value is -1.67. The SMILES string of the molecule is CS(=O)(=O)[C@@H]1CCC[C@@H](NC(=O)c2ccc3[nH]c(=S)oc3c2)C1. The minimum absolute atomic E-state index is 0.121. The van der Waals surface area contributed by atoms with E-state index in [4.69, 9.17) is 16.6 Å². The Morgan fingerprint density at radius 1 is 1.39 bits per heavy atom. The zero-order valence-corrected chi connectivity index (χ0v) is 14.3. The number of amides is 1. The summed E-state index contributed by atoms with van der Waals surface area (Å²) in [5.74, 6) is -0.228. The summed E-state index contributed by atoms with van der Waals surface area (Å²) in [6, 6.07) is 4.94. The van der Waals surface area contributed by atoms with Crippen LogP contribution in [0.15, 0.2) is 22.6 Å². The van der Waals surface area contributed by atoms with E-state index in [1.807, 2.05) is 0 Å². The molecule has 1 amide bonds. The first kappa shape index (κ1) is 16.2. The molecule has 0 bridgehead atoms. The van der Waals surface area contributed by atoms with Crippen LogP contribution >= 0.6 is 12.2 Å². The topological polar surface area (TPSA) is 92.2 Å². The van der Waals surface area contributed by atoms with Crippen molar-refractivity contribution in [2.75, 3.05) is 6.26 Å². The van der Waals surface area contributed by atoms with Crippen molar-refractivity contribution in [1.29, 1.82) is 0 Å². The highest BCUT2D eigenvalue weighted by Gasteiger charge is 2.29. The third-order valence-electron chi connectivity index (χ3n) is 4.25. The van der Waals surface area contributed by atoms with Crippen LogP contribution in [0.3, 0.4) is 0 Å². The van der Waals surface area contributed by atoms with Gasteiger partial charge in [0, 0.05) is 17.9 Å². The van der Waals surface area contributed by atoms with Gasteiger partial charge in [0.05, 0.1) is 10.8 Å². The van der Waals surface area contributed by atoms with E-state index < -0.39 is 9.84 Å². The molecule has 124 valence electrons. The molecule has 3 rings (SSSR count). The molecule has 1 aliphatic rings. The number of benzene rings is 1. The maximum absolute atomic E-state index is 12.4. The molecule has 2 atom stereocenters. The van der Waals surface area contributed by atoms with Gasteiger partial charge in [0.2, 0.25) is 0 Å². The molecular weight excluding hydrogens is 336 g/mol. The maximum atomic E-state index is 12.4. The molecule has 8 heteroatoms. The van der Waals surface area contributed by atoms with Crippen LogP contribution in [0.5, 0.6) is 0 Å². The highest BCUT2D eigenvalue weighted by molar-refractivity contribution is 7.91. The third kappa shape index (κ3) is 3.64. The van der Waals surface area contributed by atoms with E-state index in [2.05, 4.69) is 10.3 Å². The van der Waals surface area contributed by atoms with Gasteiger partial charge in [-0.1, -0.05) is 6.42 Å². The van der Waals surface area contributed by atoms with Crippen molar-refractivity contribution >= 4 is 39.1 Å².